The smallest absolute Gasteiger partial charge is 0.341 e. The summed E-state index contributed by atoms with van der Waals surface area (Å²) >= 11 is 0. The Balaban J connectivity index is 2.20. The Kier molecular flexibility index (Phi) is 5.60. The summed E-state index contributed by atoms with van der Waals surface area (Å²) in [5.41, 5.74) is 4.12. The number of aromatic nitrogens is 1. The standard InChI is InChI=1S/C22H23NO4/c1-3-18-17(12-15(2)24)22-19(10-7-11-20(22)27-14-21(25)26)23(18)13-16-8-5-4-6-9-16/h4-11H,3,12-14H2,1-2H3,(H,25,26). The number of ether oxygens (including phenoxy) is 1. The van der Waals surface area contributed by atoms with Gasteiger partial charge in [0, 0.05) is 24.0 Å². The number of ketones is 1. The minimum atomic E-state index is -1.03. The number of rotatable bonds is 8. The summed E-state index contributed by atoms with van der Waals surface area (Å²) < 4.78 is 7.75. The molecule has 0 aliphatic heterocycles. The van der Waals surface area contributed by atoms with E-state index >= 15 is 0 Å². The van der Waals surface area contributed by atoms with Crippen molar-refractivity contribution in [3.05, 3.63) is 65.4 Å². The van der Waals surface area contributed by atoms with Crippen LogP contribution in [0, 0.1) is 0 Å². The second kappa shape index (κ2) is 8.08. The normalized spacial score (nSPS) is 10.9. The predicted molar refractivity (Wildman–Crippen MR) is 104 cm³/mol. The van der Waals surface area contributed by atoms with Crippen LogP contribution in [-0.4, -0.2) is 28.0 Å². The molecule has 0 fully saturated rings. The first-order chi connectivity index (χ1) is 13.0. The molecule has 0 saturated heterocycles. The van der Waals surface area contributed by atoms with Gasteiger partial charge in [0.2, 0.25) is 0 Å². The largest absolute Gasteiger partial charge is 0.481 e. The van der Waals surface area contributed by atoms with Gasteiger partial charge < -0.3 is 14.4 Å². The molecule has 0 unspecified atom stereocenters. The summed E-state index contributed by atoms with van der Waals surface area (Å²) in [6.07, 6.45) is 1.07. The summed E-state index contributed by atoms with van der Waals surface area (Å²) in [6.45, 7) is 3.91. The second-order valence-corrected chi connectivity index (χ2v) is 6.56. The highest BCUT2D eigenvalue weighted by molar-refractivity contribution is 5.95. The van der Waals surface area contributed by atoms with Gasteiger partial charge in [-0.2, -0.15) is 0 Å². The van der Waals surface area contributed by atoms with Gasteiger partial charge >= 0.3 is 5.97 Å². The van der Waals surface area contributed by atoms with Crippen LogP contribution in [0.1, 0.15) is 30.7 Å². The fourth-order valence-corrected chi connectivity index (χ4v) is 3.55. The number of fused-ring (bicyclic) bond motifs is 1. The Morgan fingerprint density at radius 1 is 1.07 bits per heavy atom. The van der Waals surface area contributed by atoms with Crippen LogP contribution >= 0.6 is 0 Å². The fraction of sp³-hybridized carbons (Fsp3) is 0.273. The van der Waals surface area contributed by atoms with Crippen LogP contribution in [0.25, 0.3) is 10.9 Å². The number of hydrogen-bond acceptors (Lipinski definition) is 3. The van der Waals surface area contributed by atoms with E-state index in [2.05, 4.69) is 23.6 Å². The first-order valence-electron chi connectivity index (χ1n) is 9.02. The molecule has 0 spiro atoms. The maximum Gasteiger partial charge on any atom is 0.341 e. The average molecular weight is 365 g/mol. The predicted octanol–water partition coefficient (Wildman–Crippen LogP) is 3.85. The van der Waals surface area contributed by atoms with Crippen molar-refractivity contribution in [1.29, 1.82) is 0 Å². The van der Waals surface area contributed by atoms with Crippen LogP contribution in [0.15, 0.2) is 48.5 Å². The molecular weight excluding hydrogens is 342 g/mol. The SMILES string of the molecule is CCc1c(CC(C)=O)c2c(OCC(=O)O)cccc2n1Cc1ccccc1. The second-order valence-electron chi connectivity index (χ2n) is 6.56. The lowest BCUT2D eigenvalue weighted by molar-refractivity contribution is -0.139. The minimum absolute atomic E-state index is 0.0662. The number of carboxylic acids is 1. The number of benzene rings is 2. The van der Waals surface area contributed by atoms with Gasteiger partial charge in [0.1, 0.15) is 11.5 Å². The van der Waals surface area contributed by atoms with Gasteiger partial charge in [0.05, 0.1) is 5.52 Å². The summed E-state index contributed by atoms with van der Waals surface area (Å²) in [5, 5.41) is 9.81. The quantitative estimate of drug-likeness (QED) is 0.658. The molecule has 3 rings (SSSR count). The summed E-state index contributed by atoms with van der Waals surface area (Å²) in [6, 6.07) is 15.8. The lowest BCUT2D eigenvalue weighted by Crippen LogP contribution is -2.09. The molecule has 1 aromatic heterocycles. The number of carbonyl (C=O) groups excluding carboxylic acids is 1. The molecule has 5 nitrogen and oxygen atoms in total. The fourth-order valence-electron chi connectivity index (χ4n) is 3.55. The van der Waals surface area contributed by atoms with Gasteiger partial charge in [-0.15, -0.1) is 0 Å². The number of aliphatic carboxylic acids is 1. The molecule has 0 atom stereocenters. The Morgan fingerprint density at radius 2 is 1.81 bits per heavy atom. The number of hydrogen-bond donors (Lipinski definition) is 1. The third-order valence-electron chi connectivity index (χ3n) is 4.57. The van der Waals surface area contributed by atoms with Crippen molar-refractivity contribution >= 4 is 22.7 Å². The molecule has 0 bridgehead atoms. The van der Waals surface area contributed by atoms with Gasteiger partial charge in [0.25, 0.3) is 0 Å². The maximum atomic E-state index is 11.9. The Hall–Kier alpha value is -3.08. The van der Waals surface area contributed by atoms with Gasteiger partial charge in [-0.05, 0) is 36.6 Å². The van der Waals surface area contributed by atoms with E-state index in [1.807, 2.05) is 30.3 Å². The van der Waals surface area contributed by atoms with Crippen molar-refractivity contribution < 1.29 is 19.4 Å². The van der Waals surface area contributed by atoms with Crippen LogP contribution in [0.4, 0.5) is 0 Å². The molecule has 140 valence electrons. The van der Waals surface area contributed by atoms with Gasteiger partial charge in [-0.3, -0.25) is 4.79 Å². The monoisotopic (exact) mass is 365 g/mol. The topological polar surface area (TPSA) is 68.5 Å². The van der Waals surface area contributed by atoms with Gasteiger partial charge in [0.15, 0.2) is 6.61 Å². The van der Waals surface area contributed by atoms with Crippen molar-refractivity contribution in [3.63, 3.8) is 0 Å². The first kappa shape index (κ1) is 18.7. The van der Waals surface area contributed by atoms with E-state index in [0.29, 0.717) is 18.7 Å². The molecule has 0 amide bonds. The maximum absolute atomic E-state index is 11.9. The molecule has 5 heteroatoms. The lowest BCUT2D eigenvalue weighted by Gasteiger charge is -2.11. The van der Waals surface area contributed by atoms with E-state index in [-0.39, 0.29) is 5.78 Å². The van der Waals surface area contributed by atoms with Crippen molar-refractivity contribution in [3.8, 4) is 5.75 Å². The molecule has 0 radical (unpaired) electrons. The van der Waals surface area contributed by atoms with Crippen LogP contribution in [-0.2, 0) is 29.0 Å². The van der Waals surface area contributed by atoms with Crippen molar-refractivity contribution in [2.45, 2.75) is 33.2 Å². The minimum Gasteiger partial charge on any atom is -0.481 e. The summed E-state index contributed by atoms with van der Waals surface area (Å²) in [7, 11) is 0. The summed E-state index contributed by atoms with van der Waals surface area (Å²) in [5.74, 6) is -0.455. The molecule has 1 heterocycles. The molecule has 27 heavy (non-hydrogen) atoms. The van der Waals surface area contributed by atoms with Crippen molar-refractivity contribution in [1.82, 2.24) is 4.57 Å². The van der Waals surface area contributed by atoms with E-state index in [1.165, 1.54) is 0 Å². The van der Waals surface area contributed by atoms with E-state index in [1.54, 1.807) is 13.0 Å². The Morgan fingerprint density at radius 3 is 2.44 bits per heavy atom. The molecule has 0 aliphatic rings. The van der Waals surface area contributed by atoms with E-state index in [4.69, 9.17) is 9.84 Å². The third-order valence-corrected chi connectivity index (χ3v) is 4.57. The average Bonchev–Trinajstić information content (AvgIpc) is 2.93. The molecule has 1 N–H and O–H groups in total. The van der Waals surface area contributed by atoms with E-state index in [0.717, 1.165) is 34.1 Å². The zero-order valence-corrected chi connectivity index (χ0v) is 15.6. The third kappa shape index (κ3) is 4.03. The number of nitrogens with zero attached hydrogens (tertiary/aromatic N) is 1. The van der Waals surface area contributed by atoms with Crippen molar-refractivity contribution in [2.24, 2.45) is 0 Å². The van der Waals surface area contributed by atoms with Crippen LogP contribution < -0.4 is 4.74 Å². The molecule has 3 aromatic rings. The molecule has 2 aromatic carbocycles. The highest BCUT2D eigenvalue weighted by atomic mass is 16.5. The number of carboxylic acid groups (broad SMARTS) is 1. The van der Waals surface area contributed by atoms with Crippen LogP contribution in [0.5, 0.6) is 5.75 Å². The zero-order valence-electron chi connectivity index (χ0n) is 15.6. The Bertz CT molecular complexity index is 973. The lowest BCUT2D eigenvalue weighted by atomic mass is 10.0. The van der Waals surface area contributed by atoms with E-state index in [9.17, 15) is 9.59 Å². The van der Waals surface area contributed by atoms with Gasteiger partial charge in [-0.1, -0.05) is 43.3 Å². The summed E-state index contributed by atoms with van der Waals surface area (Å²) in [4.78, 5) is 22.9. The zero-order chi connectivity index (χ0) is 19.4. The van der Waals surface area contributed by atoms with Gasteiger partial charge in [-0.25, -0.2) is 4.79 Å². The van der Waals surface area contributed by atoms with Crippen molar-refractivity contribution in [2.75, 3.05) is 6.61 Å². The number of Topliss-reactive ketones (excluding diaryl/α,β-unsaturated/α-hetero) is 1. The molecular formula is C22H23NO4. The first-order valence-corrected chi connectivity index (χ1v) is 9.02. The highest BCUT2D eigenvalue weighted by Gasteiger charge is 2.21. The molecule has 0 aliphatic carbocycles. The highest BCUT2D eigenvalue weighted by Crippen LogP contribution is 2.35. The number of carbonyl (C=O) groups is 2. The molecule has 0 saturated carbocycles. The van der Waals surface area contributed by atoms with Crippen LogP contribution in [0.3, 0.4) is 0 Å². The van der Waals surface area contributed by atoms with Crippen LogP contribution in [0.2, 0.25) is 0 Å². The Labute approximate surface area is 158 Å². The van der Waals surface area contributed by atoms with E-state index < -0.39 is 12.6 Å².